The standard InChI is InChI=1S/C18H20F3N3O2S3/c19-18(20,21)22-29(25,26)16-3-1-15(2-4-16)23-9-5-13(6-10-23)14-7-11-24(12-8-14)17(27)28/h1-6,9-10,14,17,22H,7-8,11-12H2,(H-,27,28)/p+1. The Kier molecular flexibility index (Phi) is 6.84. The van der Waals surface area contributed by atoms with Crippen LogP contribution in [0.5, 0.6) is 0 Å². The van der Waals surface area contributed by atoms with E-state index >= 15 is 0 Å². The quantitative estimate of drug-likeness (QED) is 0.276. The van der Waals surface area contributed by atoms with Crippen molar-refractivity contribution in [3.63, 3.8) is 0 Å². The zero-order valence-corrected chi connectivity index (χ0v) is 17.9. The van der Waals surface area contributed by atoms with Crippen molar-refractivity contribution in [1.82, 2.24) is 9.62 Å². The molecule has 3 rings (SSSR count). The lowest BCUT2D eigenvalue weighted by Crippen LogP contribution is -2.37. The number of nitrogens with one attached hydrogen (secondary N) is 1. The van der Waals surface area contributed by atoms with E-state index in [0.29, 0.717) is 16.3 Å². The molecule has 0 bridgehead atoms. The number of thiol groups is 2. The Morgan fingerprint density at radius 1 is 1.03 bits per heavy atom. The van der Waals surface area contributed by atoms with E-state index in [-0.39, 0.29) is 4.71 Å². The molecule has 11 heteroatoms. The largest absolute Gasteiger partial charge is 0.470 e. The average molecular weight is 465 g/mol. The number of aromatic nitrogens is 1. The van der Waals surface area contributed by atoms with Gasteiger partial charge in [-0.2, -0.15) is 17.7 Å². The fraction of sp³-hybridized carbons (Fsp3) is 0.389. The smallest absolute Gasteiger partial charge is 0.283 e. The molecular weight excluding hydrogens is 443 g/mol. The van der Waals surface area contributed by atoms with Crippen molar-refractivity contribution < 1.29 is 26.2 Å². The summed E-state index contributed by atoms with van der Waals surface area (Å²) in [5.41, 5.74) is 1.86. The highest BCUT2D eigenvalue weighted by Crippen LogP contribution is 2.29. The van der Waals surface area contributed by atoms with Gasteiger partial charge in [0.15, 0.2) is 12.4 Å². The molecule has 1 fully saturated rings. The number of halogens is 3. The molecule has 0 amide bonds. The zero-order chi connectivity index (χ0) is 21.2. The minimum atomic E-state index is -5.02. The summed E-state index contributed by atoms with van der Waals surface area (Å²) in [6.45, 7) is 1.86. The number of pyridine rings is 1. The lowest BCUT2D eigenvalue weighted by Gasteiger charge is -2.33. The summed E-state index contributed by atoms with van der Waals surface area (Å²) in [7, 11) is -4.65. The van der Waals surface area contributed by atoms with Crippen molar-refractivity contribution in [2.24, 2.45) is 0 Å². The summed E-state index contributed by atoms with van der Waals surface area (Å²) in [6.07, 6.45) is 0.734. The van der Waals surface area contributed by atoms with E-state index in [1.807, 2.05) is 24.5 Å². The van der Waals surface area contributed by atoms with Crippen LogP contribution in [0.25, 0.3) is 5.69 Å². The number of alkyl halides is 3. The van der Waals surface area contributed by atoms with Crippen LogP contribution in [0.15, 0.2) is 53.7 Å². The van der Waals surface area contributed by atoms with E-state index in [9.17, 15) is 21.6 Å². The molecule has 1 saturated heterocycles. The van der Waals surface area contributed by atoms with E-state index in [1.54, 1.807) is 4.57 Å². The summed E-state index contributed by atoms with van der Waals surface area (Å²) in [5, 5.41) is 0. The molecule has 0 spiro atoms. The molecule has 1 aliphatic heterocycles. The first-order chi connectivity index (χ1) is 13.5. The van der Waals surface area contributed by atoms with Crippen LogP contribution < -0.4 is 9.29 Å². The first-order valence-electron chi connectivity index (χ1n) is 8.88. The first kappa shape index (κ1) is 22.4. The number of hydrogen-bond donors (Lipinski definition) is 3. The summed E-state index contributed by atoms with van der Waals surface area (Å²) >= 11 is 8.69. The minimum absolute atomic E-state index is 0.0491. The van der Waals surface area contributed by atoms with E-state index in [1.165, 1.54) is 17.7 Å². The lowest BCUT2D eigenvalue weighted by atomic mass is 9.90. The molecule has 1 N–H and O–H groups in total. The predicted octanol–water partition coefficient (Wildman–Crippen LogP) is 3.08. The number of likely N-dealkylation sites (tertiary alicyclic amines) is 1. The summed E-state index contributed by atoms with van der Waals surface area (Å²) < 4.78 is 62.9. The van der Waals surface area contributed by atoms with Crippen LogP contribution in [0.1, 0.15) is 24.3 Å². The van der Waals surface area contributed by atoms with Crippen molar-refractivity contribution >= 4 is 35.3 Å². The van der Waals surface area contributed by atoms with Gasteiger partial charge in [-0.3, -0.25) is 4.90 Å². The number of nitrogens with zero attached hydrogens (tertiary/aromatic N) is 2. The van der Waals surface area contributed by atoms with Crippen molar-refractivity contribution in [3.8, 4) is 5.69 Å². The van der Waals surface area contributed by atoms with Crippen molar-refractivity contribution in [3.05, 3.63) is 54.4 Å². The van der Waals surface area contributed by atoms with Gasteiger partial charge in [0.2, 0.25) is 15.7 Å². The second kappa shape index (κ2) is 8.84. The maximum Gasteiger partial charge on any atom is 0.470 e. The molecule has 1 aromatic carbocycles. The van der Waals surface area contributed by atoms with Crippen LogP contribution in [-0.4, -0.2) is 37.4 Å². The normalized spacial score (nSPS) is 17.0. The van der Waals surface area contributed by atoms with Gasteiger partial charge < -0.3 is 0 Å². The van der Waals surface area contributed by atoms with Crippen LogP contribution in [0.4, 0.5) is 13.2 Å². The molecule has 1 aliphatic rings. The van der Waals surface area contributed by atoms with Gasteiger partial charge in [-0.05, 0) is 36.5 Å². The van der Waals surface area contributed by atoms with Crippen LogP contribution in [0.3, 0.4) is 0 Å². The third-order valence-electron chi connectivity index (χ3n) is 4.88. The zero-order valence-electron chi connectivity index (χ0n) is 15.2. The molecule has 5 nitrogen and oxygen atoms in total. The maximum atomic E-state index is 12.3. The molecule has 0 unspecified atom stereocenters. The Morgan fingerprint density at radius 2 is 1.59 bits per heavy atom. The molecule has 2 heterocycles. The van der Waals surface area contributed by atoms with Gasteiger partial charge in [0, 0.05) is 37.4 Å². The van der Waals surface area contributed by atoms with Gasteiger partial charge in [0.25, 0.3) is 0 Å². The van der Waals surface area contributed by atoms with Gasteiger partial charge >= 0.3 is 6.30 Å². The van der Waals surface area contributed by atoms with Gasteiger partial charge in [-0.25, -0.2) is 8.42 Å². The van der Waals surface area contributed by atoms with E-state index < -0.39 is 21.2 Å². The molecule has 2 aromatic rings. The Balaban J connectivity index is 1.69. The van der Waals surface area contributed by atoms with E-state index in [2.05, 4.69) is 30.2 Å². The molecule has 29 heavy (non-hydrogen) atoms. The fourth-order valence-electron chi connectivity index (χ4n) is 3.35. The highest BCUT2D eigenvalue weighted by molar-refractivity contribution is 7.99. The van der Waals surface area contributed by atoms with Gasteiger partial charge in [-0.15, -0.1) is 30.0 Å². The Hall–Kier alpha value is -1.27. The highest BCUT2D eigenvalue weighted by atomic mass is 32.2. The summed E-state index contributed by atoms with van der Waals surface area (Å²) in [6, 6.07) is 9.23. The molecule has 0 atom stereocenters. The van der Waals surface area contributed by atoms with Crippen molar-refractivity contribution in [1.29, 1.82) is 0 Å². The van der Waals surface area contributed by atoms with Gasteiger partial charge in [0.1, 0.15) is 0 Å². The minimum Gasteiger partial charge on any atom is -0.283 e. The average Bonchev–Trinajstić information content (AvgIpc) is 2.66. The van der Waals surface area contributed by atoms with E-state index in [4.69, 9.17) is 0 Å². The summed E-state index contributed by atoms with van der Waals surface area (Å²) in [4.78, 5) is 1.75. The van der Waals surface area contributed by atoms with Crippen molar-refractivity contribution in [2.75, 3.05) is 13.1 Å². The second-order valence-corrected chi connectivity index (χ2v) is 9.86. The first-order valence-corrected chi connectivity index (χ1v) is 11.4. The molecule has 1 aromatic heterocycles. The third kappa shape index (κ3) is 5.88. The Labute approximate surface area is 178 Å². The Morgan fingerprint density at radius 3 is 2.07 bits per heavy atom. The topological polar surface area (TPSA) is 53.3 Å². The number of rotatable bonds is 5. The van der Waals surface area contributed by atoms with Crippen LogP contribution in [0, 0.1) is 0 Å². The van der Waals surface area contributed by atoms with Crippen molar-refractivity contribution in [2.45, 2.75) is 34.7 Å². The monoisotopic (exact) mass is 464 g/mol. The number of benzene rings is 1. The van der Waals surface area contributed by atoms with Gasteiger partial charge in [-0.1, -0.05) is 0 Å². The summed E-state index contributed by atoms with van der Waals surface area (Å²) in [5.74, 6) is 0.447. The number of piperidine rings is 1. The van der Waals surface area contributed by atoms with Crippen LogP contribution in [0.2, 0.25) is 0 Å². The molecular formula is C18H21F3N3O2S3+. The maximum absolute atomic E-state index is 12.3. The Bertz CT molecular complexity index is 926. The number of sulfonamides is 1. The molecule has 158 valence electrons. The molecule has 0 radical (unpaired) electrons. The molecule has 0 aliphatic carbocycles. The lowest BCUT2D eigenvalue weighted by molar-refractivity contribution is -0.595. The van der Waals surface area contributed by atoms with E-state index in [0.717, 1.165) is 38.1 Å². The molecule has 0 saturated carbocycles. The van der Waals surface area contributed by atoms with Crippen LogP contribution >= 0.6 is 25.3 Å². The predicted molar refractivity (Wildman–Crippen MR) is 110 cm³/mol. The number of hydrogen-bond acceptors (Lipinski definition) is 5. The highest BCUT2D eigenvalue weighted by Gasteiger charge is 2.35. The third-order valence-corrected chi connectivity index (χ3v) is 6.92. The van der Waals surface area contributed by atoms with Crippen LogP contribution in [-0.2, 0) is 10.0 Å². The van der Waals surface area contributed by atoms with Gasteiger partial charge in [0.05, 0.1) is 9.60 Å². The SMILES string of the molecule is O=S(=O)(NC(F)(F)F)c1ccc(-[n+]2ccc(C3CCN(C(S)S)CC3)cc2)cc1. The fourth-order valence-corrected chi connectivity index (χ4v) is 4.73. The second-order valence-electron chi connectivity index (χ2n) is 6.79.